The number of halogens is 2. The highest BCUT2D eigenvalue weighted by molar-refractivity contribution is 7.91. The van der Waals surface area contributed by atoms with E-state index in [0.717, 1.165) is 56.4 Å². The van der Waals surface area contributed by atoms with E-state index in [1.807, 2.05) is 29.0 Å². The molecule has 0 bridgehead atoms. The molecule has 0 saturated heterocycles. The first-order chi connectivity index (χ1) is 21.2. The van der Waals surface area contributed by atoms with Crippen LogP contribution in [0.2, 0.25) is 10.0 Å². The fourth-order valence-corrected chi connectivity index (χ4v) is 6.48. The van der Waals surface area contributed by atoms with Crippen LogP contribution < -0.4 is 13.8 Å². The summed E-state index contributed by atoms with van der Waals surface area (Å²) in [6, 6.07) is 28.6. The Morgan fingerprint density at radius 3 is 2.16 bits per heavy atom. The van der Waals surface area contributed by atoms with E-state index < -0.39 is 16.1 Å². The Morgan fingerprint density at radius 2 is 1.55 bits per heavy atom. The third kappa shape index (κ3) is 6.26. The second kappa shape index (κ2) is 12.3. The molecule has 224 valence electrons. The van der Waals surface area contributed by atoms with Crippen LogP contribution in [0.15, 0.2) is 109 Å². The lowest BCUT2D eigenvalue weighted by atomic mass is 10.0. The van der Waals surface area contributed by atoms with Gasteiger partial charge in [-0.25, -0.2) is 14.0 Å². The largest absolute Gasteiger partial charge is 0.494 e. The summed E-state index contributed by atoms with van der Waals surface area (Å²) in [6.45, 7) is 2.78. The average Bonchev–Trinajstić information content (AvgIpc) is 3.55. The van der Waals surface area contributed by atoms with Crippen LogP contribution in [-0.4, -0.2) is 29.7 Å². The maximum atomic E-state index is 12.3. The molecule has 1 aromatic heterocycles. The number of imidazole rings is 1. The number of hydrogen-bond acceptors (Lipinski definition) is 5. The van der Waals surface area contributed by atoms with Crippen LogP contribution in [0.4, 0.5) is 5.69 Å². The van der Waals surface area contributed by atoms with Gasteiger partial charge >= 0.3 is 10.2 Å². The van der Waals surface area contributed by atoms with Gasteiger partial charge in [0.05, 0.1) is 29.2 Å². The Kier molecular flexibility index (Phi) is 8.27. The molecule has 2 N–H and O–H groups in total. The summed E-state index contributed by atoms with van der Waals surface area (Å²) in [5.41, 5.74) is 5.80. The fourth-order valence-electron chi connectivity index (χ4n) is 4.92. The second-order valence-corrected chi connectivity index (χ2v) is 12.6. The number of aliphatic hydroxyl groups excluding tert-OH is 1. The number of ether oxygens (including phenoxy) is 1. The van der Waals surface area contributed by atoms with E-state index in [2.05, 4.69) is 48.0 Å². The van der Waals surface area contributed by atoms with Gasteiger partial charge in [-0.05, 0) is 77.7 Å². The number of aromatic nitrogens is 2. The summed E-state index contributed by atoms with van der Waals surface area (Å²) in [6.07, 6.45) is 4.50. The van der Waals surface area contributed by atoms with Gasteiger partial charge in [0.1, 0.15) is 11.6 Å². The van der Waals surface area contributed by atoms with Crippen molar-refractivity contribution in [2.24, 2.45) is 0 Å². The number of hydrogen-bond donors (Lipinski definition) is 2. The smallest absolute Gasteiger partial charge is 0.330 e. The maximum Gasteiger partial charge on any atom is 0.330 e. The molecule has 1 aliphatic heterocycles. The molecule has 0 aliphatic carbocycles. The lowest BCUT2D eigenvalue weighted by Gasteiger charge is -2.15. The van der Waals surface area contributed by atoms with Gasteiger partial charge in [-0.2, -0.15) is 8.42 Å². The average molecular weight is 648 g/mol. The van der Waals surface area contributed by atoms with Crippen LogP contribution >= 0.6 is 23.2 Å². The Bertz CT molecular complexity index is 1940. The van der Waals surface area contributed by atoms with Gasteiger partial charge in [0, 0.05) is 28.9 Å². The Morgan fingerprint density at radius 1 is 0.886 bits per heavy atom. The summed E-state index contributed by atoms with van der Waals surface area (Å²) < 4.78 is 35.3. The quantitative estimate of drug-likeness (QED) is 0.170. The van der Waals surface area contributed by atoms with Crippen LogP contribution in [0, 0.1) is 0 Å². The Labute approximate surface area is 266 Å². The van der Waals surface area contributed by atoms with Crippen molar-refractivity contribution >= 4 is 39.1 Å². The third-order valence-corrected chi connectivity index (χ3v) is 8.93. The van der Waals surface area contributed by atoms with E-state index in [-0.39, 0.29) is 0 Å². The Hall–Kier alpha value is -4.44. The standard InChI is InChI=1S/C33H28Cl2N4O4S/c1-2-17-43-28-14-7-24(8-15-28)23-5-3-22(4-6-23)18-32-36-31(29-16-9-25(34)19-30(29)35)20-38(32)26-10-12-27(13-11-26)39-21-33(40)37-44(39,41)42/h3-16,19-21,37,40H,2,17-18H2,1H3. The number of nitrogens with one attached hydrogen (secondary N) is 1. The molecule has 0 spiro atoms. The van der Waals surface area contributed by atoms with E-state index >= 15 is 0 Å². The SMILES string of the molecule is CCCOc1ccc(-c2ccc(Cc3nc(-c4ccc(Cl)cc4Cl)cn3-c3ccc(N4C=C(O)NS4(=O)=O)cc3)cc2)cc1. The van der Waals surface area contributed by atoms with E-state index in [4.69, 9.17) is 32.9 Å². The fraction of sp³-hybridized carbons (Fsp3) is 0.121. The zero-order valence-corrected chi connectivity index (χ0v) is 25.9. The van der Waals surface area contributed by atoms with Crippen molar-refractivity contribution in [3.8, 4) is 33.8 Å². The first kappa shape index (κ1) is 29.6. The molecule has 0 atom stereocenters. The monoisotopic (exact) mass is 646 g/mol. The molecule has 11 heteroatoms. The molecule has 0 saturated carbocycles. The number of nitrogens with zero attached hydrogens (tertiary/aromatic N) is 3. The molecule has 0 unspecified atom stereocenters. The van der Waals surface area contributed by atoms with E-state index in [0.29, 0.717) is 34.5 Å². The van der Waals surface area contributed by atoms with Gasteiger partial charge in [0.25, 0.3) is 0 Å². The summed E-state index contributed by atoms with van der Waals surface area (Å²) in [5, 5.41) is 10.7. The van der Waals surface area contributed by atoms with E-state index in [1.165, 1.54) is 0 Å². The lowest BCUT2D eigenvalue weighted by molar-refractivity contribution is 0.317. The molecule has 0 amide bonds. The second-order valence-electron chi connectivity index (χ2n) is 10.2. The molecular weight excluding hydrogens is 619 g/mol. The van der Waals surface area contributed by atoms with E-state index in [9.17, 15) is 13.5 Å². The molecule has 0 fully saturated rings. The number of aliphatic hydroxyl groups is 1. The molecule has 5 aromatic rings. The van der Waals surface area contributed by atoms with Crippen molar-refractivity contribution in [3.05, 3.63) is 131 Å². The predicted octanol–water partition coefficient (Wildman–Crippen LogP) is 7.90. The molecule has 8 nitrogen and oxygen atoms in total. The van der Waals surface area contributed by atoms with Crippen LogP contribution in [0.25, 0.3) is 28.1 Å². The van der Waals surface area contributed by atoms with Gasteiger partial charge in [0.2, 0.25) is 5.88 Å². The summed E-state index contributed by atoms with van der Waals surface area (Å²) in [4.78, 5) is 4.95. The molecule has 6 rings (SSSR count). The summed E-state index contributed by atoms with van der Waals surface area (Å²) >= 11 is 12.7. The van der Waals surface area contributed by atoms with Gasteiger partial charge in [-0.3, -0.25) is 0 Å². The zero-order valence-electron chi connectivity index (χ0n) is 23.6. The van der Waals surface area contributed by atoms with Crippen LogP contribution in [-0.2, 0) is 16.6 Å². The van der Waals surface area contributed by atoms with Crippen molar-refractivity contribution in [2.45, 2.75) is 19.8 Å². The van der Waals surface area contributed by atoms with Crippen LogP contribution in [0.5, 0.6) is 5.75 Å². The minimum atomic E-state index is -3.90. The topological polar surface area (TPSA) is 96.7 Å². The van der Waals surface area contributed by atoms with E-state index in [1.54, 1.807) is 36.4 Å². The van der Waals surface area contributed by atoms with Crippen LogP contribution in [0.3, 0.4) is 0 Å². The van der Waals surface area contributed by atoms with Crippen molar-refractivity contribution in [1.29, 1.82) is 0 Å². The molecule has 44 heavy (non-hydrogen) atoms. The van der Waals surface area contributed by atoms with Crippen molar-refractivity contribution in [3.63, 3.8) is 0 Å². The predicted molar refractivity (Wildman–Crippen MR) is 175 cm³/mol. The van der Waals surface area contributed by atoms with Gasteiger partial charge in [0.15, 0.2) is 0 Å². The van der Waals surface area contributed by atoms with Gasteiger partial charge in [-0.15, -0.1) is 0 Å². The molecule has 2 heterocycles. The molecule has 0 radical (unpaired) electrons. The first-order valence-electron chi connectivity index (χ1n) is 13.9. The third-order valence-electron chi connectivity index (χ3n) is 7.08. The summed E-state index contributed by atoms with van der Waals surface area (Å²) in [5.74, 6) is 1.17. The first-order valence-corrected chi connectivity index (χ1v) is 16.1. The molecule has 4 aromatic carbocycles. The lowest BCUT2D eigenvalue weighted by Crippen LogP contribution is -2.29. The minimum Gasteiger partial charge on any atom is -0.494 e. The molecular formula is C33H28Cl2N4O4S. The summed E-state index contributed by atoms with van der Waals surface area (Å²) in [7, 11) is -3.90. The van der Waals surface area contributed by atoms with Crippen LogP contribution in [0.1, 0.15) is 24.7 Å². The Balaban J connectivity index is 1.31. The number of anilines is 1. The minimum absolute atomic E-state index is 0.369. The number of rotatable bonds is 9. The molecule has 1 aliphatic rings. The highest BCUT2D eigenvalue weighted by Crippen LogP contribution is 2.32. The van der Waals surface area contributed by atoms with Gasteiger partial charge < -0.3 is 14.4 Å². The zero-order chi connectivity index (χ0) is 30.8. The van der Waals surface area contributed by atoms with Crippen molar-refractivity contribution in [1.82, 2.24) is 14.3 Å². The maximum absolute atomic E-state index is 12.3. The number of benzene rings is 4. The highest BCUT2D eigenvalue weighted by Gasteiger charge is 2.28. The normalized spacial score (nSPS) is 13.9. The van der Waals surface area contributed by atoms with Gasteiger partial charge in [-0.1, -0.05) is 66.5 Å². The van der Waals surface area contributed by atoms with Crippen molar-refractivity contribution < 1.29 is 18.3 Å². The highest BCUT2D eigenvalue weighted by atomic mass is 35.5. The van der Waals surface area contributed by atoms with Crippen molar-refractivity contribution in [2.75, 3.05) is 10.9 Å².